The second-order valence-electron chi connectivity index (χ2n) is 2.78. The summed E-state index contributed by atoms with van der Waals surface area (Å²) in [6.07, 6.45) is 1.69. The Bertz CT molecular complexity index is 401. The van der Waals surface area contributed by atoms with E-state index in [1.54, 1.807) is 13.4 Å². The predicted molar refractivity (Wildman–Crippen MR) is 47.5 cm³/mol. The molecule has 2 aromatic rings. The van der Waals surface area contributed by atoms with Crippen LogP contribution >= 0.6 is 0 Å². The van der Waals surface area contributed by atoms with Gasteiger partial charge < -0.3 is 9.15 Å². The van der Waals surface area contributed by atoms with Gasteiger partial charge in [0.25, 0.3) is 0 Å². The van der Waals surface area contributed by atoms with Gasteiger partial charge in [0.15, 0.2) is 0 Å². The second kappa shape index (κ2) is 2.55. The molecule has 0 saturated heterocycles. The number of fused-ring (bicyclic) bond motifs is 1. The highest BCUT2D eigenvalue weighted by Gasteiger charge is 2.02. The van der Waals surface area contributed by atoms with Crippen LogP contribution in [0, 0.1) is 6.92 Å². The molecule has 0 aliphatic heterocycles. The molecule has 0 fully saturated rings. The third kappa shape index (κ3) is 0.961. The summed E-state index contributed by atoms with van der Waals surface area (Å²) in [5.41, 5.74) is 2.06. The first-order chi connectivity index (χ1) is 5.81. The van der Waals surface area contributed by atoms with E-state index in [-0.39, 0.29) is 0 Å². The van der Waals surface area contributed by atoms with Crippen molar-refractivity contribution in [2.24, 2.45) is 0 Å². The van der Waals surface area contributed by atoms with Gasteiger partial charge in [0, 0.05) is 11.5 Å². The minimum Gasteiger partial charge on any atom is -0.497 e. The smallest absolute Gasteiger partial charge is 0.137 e. The van der Waals surface area contributed by atoms with Gasteiger partial charge in [0.1, 0.15) is 11.3 Å². The molecule has 0 radical (unpaired) electrons. The normalized spacial score (nSPS) is 10.5. The lowest BCUT2D eigenvalue weighted by atomic mass is 10.1. The average molecular weight is 162 g/mol. The number of hydrogen-bond acceptors (Lipinski definition) is 2. The number of benzene rings is 1. The zero-order valence-electron chi connectivity index (χ0n) is 7.13. The van der Waals surface area contributed by atoms with E-state index in [1.807, 2.05) is 25.1 Å². The van der Waals surface area contributed by atoms with Crippen LogP contribution in [0.1, 0.15) is 5.56 Å². The van der Waals surface area contributed by atoms with Crippen LogP contribution in [0.5, 0.6) is 5.75 Å². The van der Waals surface area contributed by atoms with Crippen LogP contribution in [0.3, 0.4) is 0 Å². The van der Waals surface area contributed by atoms with Crippen molar-refractivity contribution in [2.45, 2.75) is 6.92 Å². The Hall–Kier alpha value is -1.44. The topological polar surface area (TPSA) is 22.4 Å². The van der Waals surface area contributed by atoms with Crippen molar-refractivity contribution < 1.29 is 9.15 Å². The summed E-state index contributed by atoms with van der Waals surface area (Å²) in [6.45, 7) is 2.04. The first-order valence-corrected chi connectivity index (χ1v) is 3.83. The van der Waals surface area contributed by atoms with Crippen molar-refractivity contribution in [1.29, 1.82) is 0 Å². The maximum absolute atomic E-state index is 5.26. The van der Waals surface area contributed by atoms with E-state index in [0.717, 1.165) is 16.7 Å². The van der Waals surface area contributed by atoms with Gasteiger partial charge in [0.05, 0.1) is 13.4 Å². The fraction of sp³-hybridized carbons (Fsp3) is 0.200. The van der Waals surface area contributed by atoms with Crippen molar-refractivity contribution in [2.75, 3.05) is 7.11 Å². The van der Waals surface area contributed by atoms with Crippen LogP contribution in [0.2, 0.25) is 0 Å². The molecule has 62 valence electrons. The molecule has 0 bridgehead atoms. The first kappa shape index (κ1) is 7.22. The van der Waals surface area contributed by atoms with E-state index in [2.05, 4.69) is 0 Å². The molecular weight excluding hydrogens is 152 g/mol. The average Bonchev–Trinajstić information content (AvgIpc) is 2.52. The molecule has 1 heterocycles. The monoisotopic (exact) mass is 162 g/mol. The minimum atomic E-state index is 0.843. The molecule has 1 aromatic heterocycles. The maximum atomic E-state index is 5.26. The number of rotatable bonds is 1. The number of furan rings is 1. The Labute approximate surface area is 70.8 Å². The summed E-state index contributed by atoms with van der Waals surface area (Å²) in [5.74, 6) is 0.843. The van der Waals surface area contributed by atoms with Crippen LogP contribution < -0.4 is 4.74 Å². The first-order valence-electron chi connectivity index (χ1n) is 3.83. The predicted octanol–water partition coefficient (Wildman–Crippen LogP) is 2.75. The summed E-state index contributed by atoms with van der Waals surface area (Å²) >= 11 is 0. The molecule has 2 heteroatoms. The van der Waals surface area contributed by atoms with Crippen molar-refractivity contribution in [3.63, 3.8) is 0 Å². The van der Waals surface area contributed by atoms with Crippen molar-refractivity contribution in [3.05, 3.63) is 30.0 Å². The third-order valence-electron chi connectivity index (χ3n) is 1.99. The van der Waals surface area contributed by atoms with Crippen LogP contribution in [0.4, 0.5) is 0 Å². The van der Waals surface area contributed by atoms with Crippen molar-refractivity contribution in [3.8, 4) is 5.75 Å². The number of aryl methyl sites for hydroxylation is 1. The van der Waals surface area contributed by atoms with Gasteiger partial charge in [0.2, 0.25) is 0 Å². The maximum Gasteiger partial charge on any atom is 0.137 e. The van der Waals surface area contributed by atoms with Gasteiger partial charge >= 0.3 is 0 Å². The number of hydrogen-bond donors (Lipinski definition) is 0. The Morgan fingerprint density at radius 3 is 2.92 bits per heavy atom. The zero-order chi connectivity index (χ0) is 8.55. The van der Waals surface area contributed by atoms with Crippen LogP contribution in [0.15, 0.2) is 28.9 Å². The van der Waals surface area contributed by atoms with E-state index < -0.39 is 0 Å². The molecule has 12 heavy (non-hydrogen) atoms. The quantitative estimate of drug-likeness (QED) is 0.643. The van der Waals surface area contributed by atoms with Gasteiger partial charge in [-0.25, -0.2) is 0 Å². The molecule has 0 unspecified atom stereocenters. The van der Waals surface area contributed by atoms with Crippen LogP contribution in [-0.4, -0.2) is 7.11 Å². The Kier molecular flexibility index (Phi) is 1.54. The molecule has 1 aromatic carbocycles. The van der Waals surface area contributed by atoms with Crippen LogP contribution in [-0.2, 0) is 0 Å². The zero-order valence-corrected chi connectivity index (χ0v) is 7.13. The fourth-order valence-corrected chi connectivity index (χ4v) is 1.34. The molecule has 2 nitrogen and oxygen atoms in total. The van der Waals surface area contributed by atoms with Gasteiger partial charge in [-0.1, -0.05) is 0 Å². The SMILES string of the molecule is COc1cc(C)c2ccoc2c1. The van der Waals surface area contributed by atoms with E-state index >= 15 is 0 Å². The third-order valence-corrected chi connectivity index (χ3v) is 1.99. The summed E-state index contributed by atoms with van der Waals surface area (Å²) in [6, 6.07) is 5.85. The lowest BCUT2D eigenvalue weighted by molar-refractivity contribution is 0.414. The molecule has 0 aliphatic rings. The number of ether oxygens (including phenoxy) is 1. The summed E-state index contributed by atoms with van der Waals surface area (Å²) < 4.78 is 10.4. The second-order valence-corrected chi connectivity index (χ2v) is 2.78. The standard InChI is InChI=1S/C10H10O2/c1-7-5-8(11-2)6-10-9(7)3-4-12-10/h3-6H,1-2H3. The van der Waals surface area contributed by atoms with Gasteiger partial charge in [-0.2, -0.15) is 0 Å². The van der Waals surface area contributed by atoms with Crippen molar-refractivity contribution >= 4 is 11.0 Å². The minimum absolute atomic E-state index is 0.843. The van der Waals surface area contributed by atoms with E-state index in [4.69, 9.17) is 9.15 Å². The molecular formula is C10H10O2. The molecule has 2 rings (SSSR count). The number of methoxy groups -OCH3 is 1. The highest BCUT2D eigenvalue weighted by Crippen LogP contribution is 2.25. The van der Waals surface area contributed by atoms with E-state index in [0.29, 0.717) is 0 Å². The Morgan fingerprint density at radius 2 is 2.17 bits per heavy atom. The van der Waals surface area contributed by atoms with E-state index in [9.17, 15) is 0 Å². The highest BCUT2D eigenvalue weighted by atomic mass is 16.5. The highest BCUT2D eigenvalue weighted by molar-refractivity contribution is 5.82. The van der Waals surface area contributed by atoms with Crippen molar-refractivity contribution in [1.82, 2.24) is 0 Å². The summed E-state index contributed by atoms with van der Waals surface area (Å²) in [7, 11) is 1.66. The Balaban J connectivity index is 2.75. The summed E-state index contributed by atoms with van der Waals surface area (Å²) in [4.78, 5) is 0. The summed E-state index contributed by atoms with van der Waals surface area (Å²) in [5, 5.41) is 1.15. The molecule has 0 atom stereocenters. The van der Waals surface area contributed by atoms with Crippen LogP contribution in [0.25, 0.3) is 11.0 Å². The molecule has 0 N–H and O–H groups in total. The van der Waals surface area contributed by atoms with Gasteiger partial charge in [-0.3, -0.25) is 0 Å². The largest absolute Gasteiger partial charge is 0.497 e. The van der Waals surface area contributed by atoms with E-state index in [1.165, 1.54) is 5.56 Å². The fourth-order valence-electron chi connectivity index (χ4n) is 1.34. The molecule has 0 amide bonds. The Morgan fingerprint density at radius 1 is 1.33 bits per heavy atom. The molecule has 0 saturated carbocycles. The van der Waals surface area contributed by atoms with Gasteiger partial charge in [-0.05, 0) is 24.6 Å². The molecule has 0 aliphatic carbocycles. The van der Waals surface area contributed by atoms with Gasteiger partial charge in [-0.15, -0.1) is 0 Å². The molecule has 0 spiro atoms. The lowest BCUT2D eigenvalue weighted by Gasteiger charge is -2.00. The lowest BCUT2D eigenvalue weighted by Crippen LogP contribution is -1.83.